The zero-order valence-corrected chi connectivity index (χ0v) is 7.14. The van der Waals surface area contributed by atoms with Gasteiger partial charge in [0, 0.05) is 5.75 Å². The van der Waals surface area contributed by atoms with Gasteiger partial charge in [-0.25, -0.2) is 0 Å². The smallest absolute Gasteiger partial charge is 0.321 e. The van der Waals surface area contributed by atoms with E-state index in [1.165, 1.54) is 12.8 Å². The first-order chi connectivity index (χ1) is 5.20. The summed E-state index contributed by atoms with van der Waals surface area (Å²) in [7, 11) is 0. The molecule has 0 unspecified atom stereocenters. The molecule has 3 nitrogen and oxygen atoms in total. The van der Waals surface area contributed by atoms with E-state index >= 15 is 0 Å². The minimum Gasteiger partial charge on any atom is -0.480 e. The van der Waals surface area contributed by atoms with Gasteiger partial charge >= 0.3 is 5.97 Å². The Bertz CT molecular complexity index is 147. The first kappa shape index (κ1) is 8.87. The maximum Gasteiger partial charge on any atom is 0.321 e. The van der Waals surface area contributed by atoms with Crippen LogP contribution in [0.2, 0.25) is 0 Å². The SMILES string of the molecule is N[C@H](CSCC1CC1)C(=O)O. The molecule has 1 atom stereocenters. The third-order valence-corrected chi connectivity index (χ3v) is 2.97. The van der Waals surface area contributed by atoms with Gasteiger partial charge in [0.2, 0.25) is 0 Å². The van der Waals surface area contributed by atoms with Gasteiger partial charge < -0.3 is 10.8 Å². The molecule has 4 heteroatoms. The van der Waals surface area contributed by atoms with E-state index in [2.05, 4.69) is 0 Å². The summed E-state index contributed by atoms with van der Waals surface area (Å²) in [6, 6.07) is -0.682. The van der Waals surface area contributed by atoms with Gasteiger partial charge in [0.15, 0.2) is 0 Å². The lowest BCUT2D eigenvalue weighted by Gasteiger charge is -2.04. The summed E-state index contributed by atoms with van der Waals surface area (Å²) in [5.74, 6) is 1.58. The molecule has 0 heterocycles. The van der Waals surface area contributed by atoms with Crippen molar-refractivity contribution < 1.29 is 9.90 Å². The minimum absolute atomic E-state index is 0.547. The molecule has 11 heavy (non-hydrogen) atoms. The summed E-state index contributed by atoms with van der Waals surface area (Å²) in [6.45, 7) is 0. The third-order valence-electron chi connectivity index (χ3n) is 1.67. The highest BCUT2D eigenvalue weighted by molar-refractivity contribution is 7.99. The van der Waals surface area contributed by atoms with E-state index in [0.717, 1.165) is 11.7 Å². The van der Waals surface area contributed by atoms with E-state index in [1.54, 1.807) is 11.8 Å². The lowest BCUT2D eigenvalue weighted by molar-refractivity contribution is -0.137. The van der Waals surface area contributed by atoms with Gasteiger partial charge in [-0.1, -0.05) is 0 Å². The molecule has 64 valence electrons. The first-order valence-corrected chi connectivity index (χ1v) is 4.91. The molecule has 0 radical (unpaired) electrons. The van der Waals surface area contributed by atoms with Crippen molar-refractivity contribution in [3.05, 3.63) is 0 Å². The van der Waals surface area contributed by atoms with E-state index in [0.29, 0.717) is 5.75 Å². The molecule has 0 amide bonds. The lowest BCUT2D eigenvalue weighted by atomic mass is 10.4. The van der Waals surface area contributed by atoms with Crippen LogP contribution in [0.3, 0.4) is 0 Å². The molecule has 0 aromatic heterocycles. The van der Waals surface area contributed by atoms with Gasteiger partial charge in [-0.15, -0.1) is 0 Å². The Kier molecular flexibility index (Phi) is 3.20. The normalized spacial score (nSPS) is 19.7. The number of carboxylic acid groups (broad SMARTS) is 1. The predicted octanol–water partition coefficient (Wildman–Crippen LogP) is 0.542. The molecule has 0 bridgehead atoms. The van der Waals surface area contributed by atoms with Crippen molar-refractivity contribution >= 4 is 17.7 Å². The van der Waals surface area contributed by atoms with Gasteiger partial charge in [0.1, 0.15) is 6.04 Å². The standard InChI is InChI=1S/C7H13NO2S/c8-6(7(9)10)4-11-3-5-1-2-5/h5-6H,1-4,8H2,(H,9,10)/t6-/m1/s1. The average Bonchev–Trinajstić information content (AvgIpc) is 2.71. The van der Waals surface area contributed by atoms with Crippen LogP contribution in [-0.2, 0) is 4.79 Å². The maximum absolute atomic E-state index is 10.3. The fraction of sp³-hybridized carbons (Fsp3) is 0.857. The van der Waals surface area contributed by atoms with Crippen molar-refractivity contribution in [1.29, 1.82) is 0 Å². The number of thioether (sulfide) groups is 1. The summed E-state index contributed by atoms with van der Waals surface area (Å²) in [5, 5.41) is 8.42. The largest absolute Gasteiger partial charge is 0.480 e. The second-order valence-electron chi connectivity index (χ2n) is 2.93. The Morgan fingerprint density at radius 3 is 2.82 bits per heavy atom. The van der Waals surface area contributed by atoms with E-state index in [9.17, 15) is 4.79 Å². The minimum atomic E-state index is -0.895. The van der Waals surface area contributed by atoms with Crippen molar-refractivity contribution in [3.63, 3.8) is 0 Å². The molecule has 1 aliphatic rings. The molecule has 1 saturated carbocycles. The predicted molar refractivity (Wildman–Crippen MR) is 45.7 cm³/mol. The molecule has 0 aliphatic heterocycles. The number of nitrogens with two attached hydrogens (primary N) is 1. The van der Waals surface area contributed by atoms with Gasteiger partial charge in [-0.3, -0.25) is 4.79 Å². The van der Waals surface area contributed by atoms with Crippen molar-refractivity contribution in [2.45, 2.75) is 18.9 Å². The van der Waals surface area contributed by atoms with Crippen molar-refractivity contribution in [1.82, 2.24) is 0 Å². The van der Waals surface area contributed by atoms with Gasteiger partial charge in [-0.2, -0.15) is 11.8 Å². The van der Waals surface area contributed by atoms with Crippen LogP contribution in [0.4, 0.5) is 0 Å². The number of rotatable bonds is 5. The van der Waals surface area contributed by atoms with E-state index in [4.69, 9.17) is 10.8 Å². The van der Waals surface area contributed by atoms with Crippen LogP contribution >= 0.6 is 11.8 Å². The summed E-state index contributed by atoms with van der Waals surface area (Å²) in [4.78, 5) is 10.3. The Morgan fingerprint density at radius 1 is 1.73 bits per heavy atom. The topological polar surface area (TPSA) is 63.3 Å². The van der Waals surface area contributed by atoms with Crippen LogP contribution < -0.4 is 5.73 Å². The molecule has 0 aromatic rings. The zero-order valence-electron chi connectivity index (χ0n) is 6.32. The molecule has 1 fully saturated rings. The van der Waals surface area contributed by atoms with E-state index in [-0.39, 0.29) is 0 Å². The van der Waals surface area contributed by atoms with Gasteiger partial charge in [0.25, 0.3) is 0 Å². The second kappa shape index (κ2) is 3.97. The van der Waals surface area contributed by atoms with Crippen LogP contribution in [0.25, 0.3) is 0 Å². The molecule has 1 rings (SSSR count). The highest BCUT2D eigenvalue weighted by Gasteiger charge is 2.21. The highest BCUT2D eigenvalue weighted by Crippen LogP contribution is 2.32. The molecule has 0 saturated heterocycles. The summed E-state index contributed by atoms with van der Waals surface area (Å²) < 4.78 is 0. The fourth-order valence-electron chi connectivity index (χ4n) is 0.717. The first-order valence-electron chi connectivity index (χ1n) is 3.76. The molecular weight excluding hydrogens is 162 g/mol. The fourth-order valence-corrected chi connectivity index (χ4v) is 1.92. The summed E-state index contributed by atoms with van der Waals surface area (Å²) >= 11 is 1.65. The van der Waals surface area contributed by atoms with Crippen LogP contribution in [-0.4, -0.2) is 28.6 Å². The quantitative estimate of drug-likeness (QED) is 0.640. The van der Waals surface area contributed by atoms with Gasteiger partial charge in [-0.05, 0) is 24.5 Å². The monoisotopic (exact) mass is 175 g/mol. The van der Waals surface area contributed by atoms with E-state index in [1.807, 2.05) is 0 Å². The van der Waals surface area contributed by atoms with Crippen molar-refractivity contribution in [3.8, 4) is 0 Å². The molecule has 1 aliphatic carbocycles. The van der Waals surface area contributed by atoms with E-state index < -0.39 is 12.0 Å². The number of carbonyl (C=O) groups is 1. The van der Waals surface area contributed by atoms with Crippen molar-refractivity contribution in [2.75, 3.05) is 11.5 Å². The lowest BCUT2D eigenvalue weighted by Crippen LogP contribution is -2.32. The number of hydrogen-bond donors (Lipinski definition) is 2. The summed E-state index contributed by atoms with van der Waals surface area (Å²) in [6.07, 6.45) is 2.63. The van der Waals surface area contributed by atoms with Crippen LogP contribution in [0, 0.1) is 5.92 Å². The maximum atomic E-state index is 10.3. The highest BCUT2D eigenvalue weighted by atomic mass is 32.2. The molecular formula is C7H13NO2S. The number of aliphatic carboxylic acids is 1. The van der Waals surface area contributed by atoms with Crippen molar-refractivity contribution in [2.24, 2.45) is 11.7 Å². The number of carboxylic acids is 1. The Labute approximate surface area is 70.3 Å². The van der Waals surface area contributed by atoms with Crippen LogP contribution in [0.5, 0.6) is 0 Å². The molecule has 0 aromatic carbocycles. The average molecular weight is 175 g/mol. The zero-order chi connectivity index (χ0) is 8.27. The van der Waals surface area contributed by atoms with Crippen LogP contribution in [0.15, 0.2) is 0 Å². The molecule has 0 spiro atoms. The van der Waals surface area contributed by atoms with Crippen LogP contribution in [0.1, 0.15) is 12.8 Å². The summed E-state index contributed by atoms with van der Waals surface area (Å²) in [5.41, 5.74) is 5.30. The second-order valence-corrected chi connectivity index (χ2v) is 4.00. The molecule has 3 N–H and O–H groups in total. The number of hydrogen-bond acceptors (Lipinski definition) is 3. The Balaban J connectivity index is 1.96. The Hall–Kier alpha value is -0.220. The van der Waals surface area contributed by atoms with Gasteiger partial charge in [0.05, 0.1) is 0 Å². The third kappa shape index (κ3) is 3.62. The Morgan fingerprint density at radius 2 is 2.36 bits per heavy atom.